The van der Waals surface area contributed by atoms with E-state index in [1.165, 1.54) is 6.26 Å². The Labute approximate surface area is 125 Å². The summed E-state index contributed by atoms with van der Waals surface area (Å²) in [6, 6.07) is 5.56. The Kier molecular flexibility index (Phi) is 4.73. The summed E-state index contributed by atoms with van der Waals surface area (Å²) in [5, 5.41) is 3.83. The van der Waals surface area contributed by atoms with Gasteiger partial charge in [-0.25, -0.2) is 0 Å². The molecule has 5 heteroatoms. The van der Waals surface area contributed by atoms with Crippen LogP contribution >= 0.6 is 0 Å². The first-order chi connectivity index (χ1) is 10.0. The molecule has 0 aliphatic carbocycles. The molecular formula is C16H21N3O2. The van der Waals surface area contributed by atoms with Crippen LogP contribution in [-0.2, 0) is 13.0 Å². The molecule has 0 spiro atoms. The molecule has 2 aromatic heterocycles. The molecule has 0 saturated carbocycles. The van der Waals surface area contributed by atoms with Crippen molar-refractivity contribution in [1.82, 2.24) is 15.0 Å². The summed E-state index contributed by atoms with van der Waals surface area (Å²) in [6.07, 6.45) is 2.24. The van der Waals surface area contributed by atoms with Gasteiger partial charge < -0.3 is 9.42 Å². The average molecular weight is 287 g/mol. The maximum absolute atomic E-state index is 12.6. The molecule has 2 aromatic rings. The van der Waals surface area contributed by atoms with E-state index in [-0.39, 0.29) is 5.91 Å². The number of aryl methyl sites for hydroxylation is 1. The van der Waals surface area contributed by atoms with Gasteiger partial charge in [0.1, 0.15) is 12.0 Å². The molecule has 21 heavy (non-hydrogen) atoms. The van der Waals surface area contributed by atoms with E-state index in [1.54, 1.807) is 18.0 Å². The number of hydrogen-bond acceptors (Lipinski definition) is 4. The molecule has 0 fully saturated rings. The third kappa shape index (κ3) is 3.48. The zero-order valence-electron chi connectivity index (χ0n) is 13.0. The number of rotatable bonds is 5. The van der Waals surface area contributed by atoms with Crippen LogP contribution in [0.4, 0.5) is 0 Å². The summed E-state index contributed by atoms with van der Waals surface area (Å²) in [5.74, 6) is 0.310. The third-order valence-corrected chi connectivity index (χ3v) is 3.39. The van der Waals surface area contributed by atoms with Gasteiger partial charge in [-0.2, -0.15) is 0 Å². The highest BCUT2D eigenvalue weighted by molar-refractivity contribution is 5.95. The minimum absolute atomic E-state index is 0.0438. The van der Waals surface area contributed by atoms with E-state index >= 15 is 0 Å². The number of nitrogens with zero attached hydrogens (tertiary/aromatic N) is 3. The molecule has 2 heterocycles. The lowest BCUT2D eigenvalue weighted by atomic mass is 10.0. The van der Waals surface area contributed by atoms with Gasteiger partial charge in [0.05, 0.1) is 17.8 Å². The number of amides is 1. The normalized spacial score (nSPS) is 10.9. The van der Waals surface area contributed by atoms with Crippen LogP contribution in [0.2, 0.25) is 0 Å². The molecule has 0 radical (unpaired) electrons. The number of pyridine rings is 1. The van der Waals surface area contributed by atoms with Crippen molar-refractivity contribution in [2.75, 3.05) is 7.05 Å². The van der Waals surface area contributed by atoms with Crippen LogP contribution in [0.5, 0.6) is 0 Å². The lowest BCUT2D eigenvalue weighted by Crippen LogP contribution is -2.27. The lowest BCUT2D eigenvalue weighted by Gasteiger charge is -2.18. The molecule has 0 aliphatic rings. The highest BCUT2D eigenvalue weighted by atomic mass is 16.5. The lowest BCUT2D eigenvalue weighted by molar-refractivity contribution is 0.0780. The van der Waals surface area contributed by atoms with E-state index in [4.69, 9.17) is 4.52 Å². The SMILES string of the molecule is CCc1nc(C(C)C)ccc1C(=O)N(C)Cc1ccon1. The molecule has 0 bridgehead atoms. The monoisotopic (exact) mass is 287 g/mol. The quantitative estimate of drug-likeness (QED) is 0.848. The van der Waals surface area contributed by atoms with Gasteiger partial charge in [-0.3, -0.25) is 9.78 Å². The van der Waals surface area contributed by atoms with Crippen LogP contribution in [0.25, 0.3) is 0 Å². The Hall–Kier alpha value is -2.17. The molecule has 112 valence electrons. The van der Waals surface area contributed by atoms with Gasteiger partial charge in [-0.1, -0.05) is 25.9 Å². The highest BCUT2D eigenvalue weighted by Gasteiger charge is 2.18. The van der Waals surface area contributed by atoms with Crippen LogP contribution in [-0.4, -0.2) is 28.0 Å². The van der Waals surface area contributed by atoms with Gasteiger partial charge in [0.2, 0.25) is 0 Å². The maximum Gasteiger partial charge on any atom is 0.255 e. The zero-order valence-corrected chi connectivity index (χ0v) is 13.0. The summed E-state index contributed by atoms with van der Waals surface area (Å²) in [6.45, 7) is 6.63. The molecular weight excluding hydrogens is 266 g/mol. The van der Waals surface area contributed by atoms with Crippen molar-refractivity contribution in [2.24, 2.45) is 0 Å². The molecule has 0 unspecified atom stereocenters. The van der Waals surface area contributed by atoms with Gasteiger partial charge >= 0.3 is 0 Å². The largest absolute Gasteiger partial charge is 0.364 e. The predicted octanol–water partition coefficient (Wildman–Crippen LogP) is 3.03. The van der Waals surface area contributed by atoms with E-state index in [0.29, 0.717) is 18.0 Å². The first-order valence-corrected chi connectivity index (χ1v) is 7.17. The van der Waals surface area contributed by atoms with Crippen LogP contribution in [0, 0.1) is 0 Å². The van der Waals surface area contributed by atoms with Crippen LogP contribution in [0.1, 0.15) is 54.1 Å². The molecule has 0 aromatic carbocycles. The Morgan fingerprint density at radius 1 is 1.33 bits per heavy atom. The first kappa shape index (κ1) is 15.2. The second kappa shape index (κ2) is 6.52. The standard InChI is InChI=1S/C16H21N3O2/c1-5-14-13(6-7-15(17-14)11(2)3)16(20)19(4)10-12-8-9-21-18-12/h6-9,11H,5,10H2,1-4H3. The number of carbonyl (C=O) groups excluding carboxylic acids is 1. The number of aromatic nitrogens is 2. The van der Waals surface area contributed by atoms with Gasteiger partial charge in [0, 0.05) is 18.8 Å². The van der Waals surface area contributed by atoms with Crippen LogP contribution < -0.4 is 0 Å². The first-order valence-electron chi connectivity index (χ1n) is 7.17. The predicted molar refractivity (Wildman–Crippen MR) is 80.0 cm³/mol. The molecule has 2 rings (SSSR count). The summed E-state index contributed by atoms with van der Waals surface area (Å²) < 4.78 is 4.79. The number of hydrogen-bond donors (Lipinski definition) is 0. The van der Waals surface area contributed by atoms with Crippen molar-refractivity contribution in [3.05, 3.63) is 47.1 Å². The van der Waals surface area contributed by atoms with Crippen LogP contribution in [0.3, 0.4) is 0 Å². The Balaban J connectivity index is 2.21. The summed E-state index contributed by atoms with van der Waals surface area (Å²) in [4.78, 5) is 18.8. The second-order valence-corrected chi connectivity index (χ2v) is 5.39. The van der Waals surface area contributed by atoms with E-state index in [0.717, 1.165) is 23.5 Å². The van der Waals surface area contributed by atoms with Gasteiger partial charge in [0.25, 0.3) is 5.91 Å². The zero-order chi connectivity index (χ0) is 15.4. The molecule has 0 N–H and O–H groups in total. The van der Waals surface area contributed by atoms with E-state index in [2.05, 4.69) is 24.0 Å². The third-order valence-electron chi connectivity index (χ3n) is 3.39. The fourth-order valence-electron chi connectivity index (χ4n) is 2.14. The fourth-order valence-corrected chi connectivity index (χ4v) is 2.14. The van der Waals surface area contributed by atoms with Gasteiger partial charge in [-0.05, 0) is 24.5 Å². The topological polar surface area (TPSA) is 59.2 Å². The van der Waals surface area contributed by atoms with Crippen molar-refractivity contribution in [2.45, 2.75) is 39.7 Å². The van der Waals surface area contributed by atoms with Crippen LogP contribution in [0.15, 0.2) is 29.0 Å². The van der Waals surface area contributed by atoms with E-state index in [9.17, 15) is 4.79 Å². The fraction of sp³-hybridized carbons (Fsp3) is 0.438. The molecule has 5 nitrogen and oxygen atoms in total. The molecule has 0 atom stereocenters. The maximum atomic E-state index is 12.6. The highest BCUT2D eigenvalue weighted by Crippen LogP contribution is 2.17. The Morgan fingerprint density at radius 3 is 2.67 bits per heavy atom. The molecule has 1 amide bonds. The van der Waals surface area contributed by atoms with Gasteiger partial charge in [0.15, 0.2) is 0 Å². The minimum Gasteiger partial charge on any atom is -0.364 e. The number of carbonyl (C=O) groups is 1. The molecule has 0 aliphatic heterocycles. The Bertz CT molecular complexity index is 606. The van der Waals surface area contributed by atoms with Crippen molar-refractivity contribution >= 4 is 5.91 Å². The van der Waals surface area contributed by atoms with Crippen molar-refractivity contribution in [1.29, 1.82) is 0 Å². The smallest absolute Gasteiger partial charge is 0.255 e. The minimum atomic E-state index is -0.0438. The van der Waals surface area contributed by atoms with Crippen molar-refractivity contribution in [3.63, 3.8) is 0 Å². The van der Waals surface area contributed by atoms with Crippen molar-refractivity contribution in [3.8, 4) is 0 Å². The second-order valence-electron chi connectivity index (χ2n) is 5.39. The van der Waals surface area contributed by atoms with Crippen molar-refractivity contribution < 1.29 is 9.32 Å². The van der Waals surface area contributed by atoms with E-state index in [1.807, 2.05) is 19.1 Å². The summed E-state index contributed by atoms with van der Waals surface area (Å²) in [5.41, 5.74) is 3.25. The molecule has 0 saturated heterocycles. The summed E-state index contributed by atoms with van der Waals surface area (Å²) >= 11 is 0. The summed E-state index contributed by atoms with van der Waals surface area (Å²) in [7, 11) is 1.76. The Morgan fingerprint density at radius 2 is 2.10 bits per heavy atom. The van der Waals surface area contributed by atoms with E-state index < -0.39 is 0 Å². The average Bonchev–Trinajstić information content (AvgIpc) is 2.98. The van der Waals surface area contributed by atoms with Gasteiger partial charge in [-0.15, -0.1) is 0 Å².